The molecular weight excluding hydrogens is 348 g/mol. The lowest BCUT2D eigenvalue weighted by Crippen LogP contribution is -2.00. The molecule has 0 atom stereocenters. The smallest absolute Gasteiger partial charge is 0.336 e. The molecule has 0 aliphatic heterocycles. The Labute approximate surface area is 162 Å². The van der Waals surface area contributed by atoms with Crippen molar-refractivity contribution in [3.05, 3.63) is 82.9 Å². The standard InChI is InChI=1S/C25H20O3/c1-2-3-6-18-12-25(26)28-24-14-23-21(13-20(18)24)22(15-27-23)19-10-9-16-7-4-5-8-17(16)11-19/h4-5,7-15H,2-3,6H2,1H3. The van der Waals surface area contributed by atoms with Crippen molar-refractivity contribution in [2.24, 2.45) is 0 Å². The SMILES string of the molecule is CCCCc1cc(=O)oc2cc3occ(-c4ccc5ccccc5c4)c3cc12. The van der Waals surface area contributed by atoms with Gasteiger partial charge in [0, 0.05) is 28.5 Å². The average molecular weight is 368 g/mol. The first-order valence-corrected chi connectivity index (χ1v) is 9.70. The molecule has 5 rings (SSSR count). The van der Waals surface area contributed by atoms with Gasteiger partial charge in [0.1, 0.15) is 11.2 Å². The number of hydrogen-bond donors (Lipinski definition) is 0. The number of furan rings is 1. The molecule has 138 valence electrons. The third kappa shape index (κ3) is 2.80. The first-order valence-electron chi connectivity index (χ1n) is 9.70. The van der Waals surface area contributed by atoms with Crippen LogP contribution in [-0.4, -0.2) is 0 Å². The van der Waals surface area contributed by atoms with Crippen molar-refractivity contribution in [1.82, 2.24) is 0 Å². The minimum atomic E-state index is -0.306. The fourth-order valence-corrected chi connectivity index (χ4v) is 3.90. The van der Waals surface area contributed by atoms with Crippen LogP contribution in [0.3, 0.4) is 0 Å². The van der Waals surface area contributed by atoms with Crippen LogP contribution in [0.1, 0.15) is 25.3 Å². The Balaban J connectivity index is 1.73. The molecule has 0 aliphatic carbocycles. The van der Waals surface area contributed by atoms with Gasteiger partial charge in [-0.3, -0.25) is 0 Å². The summed E-state index contributed by atoms with van der Waals surface area (Å²) in [6.45, 7) is 2.15. The highest BCUT2D eigenvalue weighted by Crippen LogP contribution is 2.35. The molecule has 0 saturated carbocycles. The van der Waals surface area contributed by atoms with E-state index in [2.05, 4.69) is 49.4 Å². The second kappa shape index (κ2) is 6.68. The monoisotopic (exact) mass is 368 g/mol. The van der Waals surface area contributed by atoms with Crippen molar-refractivity contribution in [2.75, 3.05) is 0 Å². The second-order valence-electron chi connectivity index (χ2n) is 7.25. The molecule has 2 aromatic heterocycles. The molecule has 0 unspecified atom stereocenters. The Hall–Kier alpha value is -3.33. The normalized spacial score (nSPS) is 11.6. The topological polar surface area (TPSA) is 43.4 Å². The van der Waals surface area contributed by atoms with Crippen LogP contribution < -0.4 is 5.63 Å². The lowest BCUT2D eigenvalue weighted by Gasteiger charge is -2.06. The fraction of sp³-hybridized carbons (Fsp3) is 0.160. The molecule has 0 amide bonds. The Bertz CT molecular complexity index is 1370. The van der Waals surface area contributed by atoms with Crippen molar-refractivity contribution in [3.8, 4) is 11.1 Å². The number of rotatable bonds is 4. The van der Waals surface area contributed by atoms with E-state index in [1.807, 2.05) is 12.1 Å². The van der Waals surface area contributed by atoms with E-state index in [1.54, 1.807) is 12.3 Å². The first-order chi connectivity index (χ1) is 13.7. The van der Waals surface area contributed by atoms with Gasteiger partial charge >= 0.3 is 5.63 Å². The number of benzene rings is 3. The van der Waals surface area contributed by atoms with E-state index >= 15 is 0 Å². The molecule has 0 N–H and O–H groups in total. The van der Waals surface area contributed by atoms with Gasteiger partial charge in [0.25, 0.3) is 0 Å². The zero-order chi connectivity index (χ0) is 19.1. The minimum Gasteiger partial charge on any atom is -0.464 e. The summed E-state index contributed by atoms with van der Waals surface area (Å²) >= 11 is 0. The van der Waals surface area contributed by atoms with Gasteiger partial charge in [-0.05, 0) is 46.9 Å². The summed E-state index contributed by atoms with van der Waals surface area (Å²) in [5, 5.41) is 4.44. The van der Waals surface area contributed by atoms with Gasteiger partial charge in [0.15, 0.2) is 0 Å². The van der Waals surface area contributed by atoms with E-state index in [0.717, 1.165) is 52.3 Å². The van der Waals surface area contributed by atoms with E-state index in [1.165, 1.54) is 10.8 Å². The Morgan fingerprint density at radius 3 is 2.57 bits per heavy atom. The second-order valence-corrected chi connectivity index (χ2v) is 7.25. The van der Waals surface area contributed by atoms with Crippen LogP contribution in [-0.2, 0) is 6.42 Å². The molecule has 2 heterocycles. The summed E-state index contributed by atoms with van der Waals surface area (Å²) in [5.41, 5.74) is 4.22. The molecule has 0 bridgehead atoms. The maximum atomic E-state index is 12.0. The van der Waals surface area contributed by atoms with Crippen molar-refractivity contribution < 1.29 is 8.83 Å². The predicted molar refractivity (Wildman–Crippen MR) is 114 cm³/mol. The molecule has 3 nitrogen and oxygen atoms in total. The molecular formula is C25H20O3. The summed E-state index contributed by atoms with van der Waals surface area (Å²) in [6, 6.07) is 20.3. The Morgan fingerprint density at radius 1 is 0.857 bits per heavy atom. The average Bonchev–Trinajstić information content (AvgIpc) is 3.13. The molecule has 0 fully saturated rings. The molecule has 3 heteroatoms. The van der Waals surface area contributed by atoms with E-state index in [9.17, 15) is 4.79 Å². The van der Waals surface area contributed by atoms with Crippen LogP contribution in [0.4, 0.5) is 0 Å². The summed E-state index contributed by atoms with van der Waals surface area (Å²) in [5.74, 6) is 0. The van der Waals surface area contributed by atoms with Gasteiger partial charge in [-0.15, -0.1) is 0 Å². The van der Waals surface area contributed by atoms with Gasteiger partial charge < -0.3 is 8.83 Å². The number of hydrogen-bond acceptors (Lipinski definition) is 3. The minimum absolute atomic E-state index is 0.306. The van der Waals surface area contributed by atoms with Crippen LogP contribution in [0.5, 0.6) is 0 Å². The predicted octanol–water partition coefficient (Wildman–Crippen LogP) is 6.70. The zero-order valence-corrected chi connectivity index (χ0v) is 15.7. The number of fused-ring (bicyclic) bond motifs is 3. The zero-order valence-electron chi connectivity index (χ0n) is 15.7. The van der Waals surface area contributed by atoms with Gasteiger partial charge in [-0.2, -0.15) is 0 Å². The van der Waals surface area contributed by atoms with Gasteiger partial charge in [-0.25, -0.2) is 4.79 Å². The third-order valence-corrected chi connectivity index (χ3v) is 5.38. The molecule has 0 saturated heterocycles. The maximum Gasteiger partial charge on any atom is 0.336 e. The van der Waals surface area contributed by atoms with E-state index in [4.69, 9.17) is 8.83 Å². The number of aryl methyl sites for hydroxylation is 1. The molecule has 0 spiro atoms. The van der Waals surface area contributed by atoms with Crippen molar-refractivity contribution in [1.29, 1.82) is 0 Å². The van der Waals surface area contributed by atoms with Crippen LogP contribution in [0.25, 0.3) is 43.8 Å². The van der Waals surface area contributed by atoms with E-state index in [-0.39, 0.29) is 5.63 Å². The van der Waals surface area contributed by atoms with Gasteiger partial charge in [0.05, 0.1) is 6.26 Å². The highest BCUT2D eigenvalue weighted by Gasteiger charge is 2.13. The summed E-state index contributed by atoms with van der Waals surface area (Å²) in [6.07, 6.45) is 4.78. The number of unbranched alkanes of at least 4 members (excludes halogenated alkanes) is 1. The van der Waals surface area contributed by atoms with Crippen LogP contribution in [0.2, 0.25) is 0 Å². The van der Waals surface area contributed by atoms with Gasteiger partial charge in [-0.1, -0.05) is 49.7 Å². The summed E-state index contributed by atoms with van der Waals surface area (Å²) in [4.78, 5) is 12.0. The lowest BCUT2D eigenvalue weighted by atomic mass is 9.98. The Kier molecular flexibility index (Phi) is 4.01. The molecule has 0 radical (unpaired) electrons. The molecule has 5 aromatic rings. The van der Waals surface area contributed by atoms with Gasteiger partial charge in [0.2, 0.25) is 0 Å². The highest BCUT2D eigenvalue weighted by atomic mass is 16.4. The van der Waals surface area contributed by atoms with Crippen molar-refractivity contribution >= 4 is 32.7 Å². The first kappa shape index (κ1) is 16.8. The Morgan fingerprint density at radius 2 is 1.71 bits per heavy atom. The quantitative estimate of drug-likeness (QED) is 0.331. The third-order valence-electron chi connectivity index (χ3n) is 5.38. The van der Waals surface area contributed by atoms with Crippen molar-refractivity contribution in [2.45, 2.75) is 26.2 Å². The summed E-state index contributed by atoms with van der Waals surface area (Å²) < 4.78 is 11.3. The van der Waals surface area contributed by atoms with E-state index in [0.29, 0.717) is 5.58 Å². The van der Waals surface area contributed by atoms with Crippen LogP contribution >= 0.6 is 0 Å². The largest absolute Gasteiger partial charge is 0.464 e. The van der Waals surface area contributed by atoms with Crippen molar-refractivity contribution in [3.63, 3.8) is 0 Å². The lowest BCUT2D eigenvalue weighted by molar-refractivity contribution is 0.556. The molecule has 28 heavy (non-hydrogen) atoms. The summed E-state index contributed by atoms with van der Waals surface area (Å²) in [7, 11) is 0. The van der Waals surface area contributed by atoms with Crippen LogP contribution in [0.15, 0.2) is 80.6 Å². The fourth-order valence-electron chi connectivity index (χ4n) is 3.90. The highest BCUT2D eigenvalue weighted by molar-refractivity contribution is 6.03. The molecule has 3 aromatic carbocycles. The van der Waals surface area contributed by atoms with E-state index < -0.39 is 0 Å². The van der Waals surface area contributed by atoms with Crippen LogP contribution in [0, 0.1) is 0 Å². The molecule has 0 aliphatic rings. The maximum absolute atomic E-state index is 12.0.